The van der Waals surface area contributed by atoms with Gasteiger partial charge in [-0.15, -0.1) is 0 Å². The predicted octanol–water partition coefficient (Wildman–Crippen LogP) is 1.52. The first-order valence-electron chi connectivity index (χ1n) is 4.65. The number of rotatable bonds is 3. The zero-order valence-corrected chi connectivity index (χ0v) is 7.84. The molecule has 0 radical (unpaired) electrons. The van der Waals surface area contributed by atoms with Crippen LogP contribution >= 0.6 is 0 Å². The molecule has 70 valence electrons. The van der Waals surface area contributed by atoms with Gasteiger partial charge >= 0.3 is 0 Å². The van der Waals surface area contributed by atoms with Crippen LogP contribution in [0.2, 0.25) is 0 Å². The van der Waals surface area contributed by atoms with Crippen LogP contribution in [0.3, 0.4) is 0 Å². The van der Waals surface area contributed by atoms with Gasteiger partial charge in [0.1, 0.15) is 6.04 Å². The predicted molar refractivity (Wildman–Crippen MR) is 49.8 cm³/mol. The lowest BCUT2D eigenvalue weighted by molar-refractivity contribution is -0.116. The minimum atomic E-state index is -0.343. The first-order chi connectivity index (χ1) is 6.26. The normalized spacial score (nSPS) is 16.8. The van der Waals surface area contributed by atoms with E-state index in [1.165, 1.54) is 12.0 Å². The summed E-state index contributed by atoms with van der Waals surface area (Å²) in [6, 6.07) is 1.69. The van der Waals surface area contributed by atoms with Crippen molar-refractivity contribution in [1.82, 2.24) is 5.32 Å². The van der Waals surface area contributed by atoms with Gasteiger partial charge in [-0.1, -0.05) is 12.5 Å². The summed E-state index contributed by atoms with van der Waals surface area (Å²) in [6.07, 6.45) is 5.55. The highest BCUT2D eigenvalue weighted by molar-refractivity contribution is 5.88. The van der Waals surface area contributed by atoms with Gasteiger partial charge in [0, 0.05) is 6.08 Å². The zero-order valence-electron chi connectivity index (χ0n) is 7.84. The smallest absolute Gasteiger partial charge is 0.244 e. The molecule has 0 bridgehead atoms. The largest absolute Gasteiger partial charge is 0.337 e. The highest BCUT2D eigenvalue weighted by Gasteiger charge is 2.12. The van der Waals surface area contributed by atoms with E-state index in [0.29, 0.717) is 6.42 Å². The SMILES string of the molecule is CC[C@@H](C#N)NC(=O)C=C1CCC1. The van der Waals surface area contributed by atoms with Gasteiger partial charge in [-0.3, -0.25) is 4.79 Å². The van der Waals surface area contributed by atoms with E-state index < -0.39 is 0 Å². The number of allylic oxidation sites excluding steroid dienone is 1. The van der Waals surface area contributed by atoms with Crippen molar-refractivity contribution in [2.24, 2.45) is 0 Å². The van der Waals surface area contributed by atoms with Crippen LogP contribution in [0, 0.1) is 11.3 Å². The molecule has 1 N–H and O–H groups in total. The van der Waals surface area contributed by atoms with Crippen molar-refractivity contribution in [3.05, 3.63) is 11.6 Å². The third-order valence-electron chi connectivity index (χ3n) is 2.21. The van der Waals surface area contributed by atoms with Crippen molar-refractivity contribution < 1.29 is 4.79 Å². The Morgan fingerprint density at radius 2 is 2.46 bits per heavy atom. The second kappa shape index (κ2) is 4.66. The first kappa shape index (κ1) is 9.79. The van der Waals surface area contributed by atoms with Crippen molar-refractivity contribution in [2.75, 3.05) is 0 Å². The maximum atomic E-state index is 11.2. The molecule has 13 heavy (non-hydrogen) atoms. The van der Waals surface area contributed by atoms with Gasteiger partial charge in [-0.2, -0.15) is 5.26 Å². The molecule has 3 nitrogen and oxygen atoms in total. The molecule has 0 aliphatic heterocycles. The van der Waals surface area contributed by atoms with Crippen LogP contribution in [0.1, 0.15) is 32.6 Å². The van der Waals surface area contributed by atoms with Gasteiger partial charge in [0.15, 0.2) is 0 Å². The van der Waals surface area contributed by atoms with Crippen molar-refractivity contribution >= 4 is 5.91 Å². The van der Waals surface area contributed by atoms with Crippen LogP contribution in [-0.4, -0.2) is 11.9 Å². The quantitative estimate of drug-likeness (QED) is 0.666. The molecule has 0 aromatic heterocycles. The Labute approximate surface area is 78.4 Å². The minimum Gasteiger partial charge on any atom is -0.337 e. The second-order valence-electron chi connectivity index (χ2n) is 3.25. The Hall–Kier alpha value is -1.30. The zero-order chi connectivity index (χ0) is 9.68. The van der Waals surface area contributed by atoms with Crippen molar-refractivity contribution in [3.8, 4) is 6.07 Å². The van der Waals surface area contributed by atoms with Crippen LogP contribution in [-0.2, 0) is 4.79 Å². The Morgan fingerprint density at radius 3 is 2.85 bits per heavy atom. The molecule has 1 atom stereocenters. The molecule has 1 fully saturated rings. The maximum Gasteiger partial charge on any atom is 0.244 e. The Balaban J connectivity index is 2.36. The van der Waals surface area contributed by atoms with E-state index in [-0.39, 0.29) is 11.9 Å². The summed E-state index contributed by atoms with van der Waals surface area (Å²) in [5.41, 5.74) is 1.20. The summed E-state index contributed by atoms with van der Waals surface area (Å²) >= 11 is 0. The summed E-state index contributed by atoms with van der Waals surface area (Å²) in [5, 5.41) is 11.2. The van der Waals surface area contributed by atoms with Gasteiger partial charge in [0.2, 0.25) is 5.91 Å². The molecule has 1 amide bonds. The third-order valence-corrected chi connectivity index (χ3v) is 2.21. The van der Waals surface area contributed by atoms with E-state index in [9.17, 15) is 4.79 Å². The standard InChI is InChI=1S/C10H14N2O/c1-2-9(7-11)12-10(13)6-8-4-3-5-8/h6,9H,2-5H2,1H3,(H,12,13)/t9-/m0/s1. The van der Waals surface area contributed by atoms with E-state index in [2.05, 4.69) is 5.32 Å². The number of hydrogen-bond donors (Lipinski definition) is 1. The van der Waals surface area contributed by atoms with Gasteiger partial charge in [-0.25, -0.2) is 0 Å². The minimum absolute atomic E-state index is 0.122. The van der Waals surface area contributed by atoms with Crippen LogP contribution in [0.15, 0.2) is 11.6 Å². The molecule has 1 saturated carbocycles. The number of carbonyl (C=O) groups excluding carboxylic acids is 1. The lowest BCUT2D eigenvalue weighted by atomic mass is 9.92. The Kier molecular flexibility index (Phi) is 3.51. The molecular formula is C10H14N2O. The molecule has 1 rings (SSSR count). The van der Waals surface area contributed by atoms with E-state index in [4.69, 9.17) is 5.26 Å². The first-order valence-corrected chi connectivity index (χ1v) is 4.65. The summed E-state index contributed by atoms with van der Waals surface area (Å²) in [5.74, 6) is -0.122. The maximum absolute atomic E-state index is 11.2. The number of nitrogens with zero attached hydrogens (tertiary/aromatic N) is 1. The van der Waals surface area contributed by atoms with Crippen molar-refractivity contribution in [3.63, 3.8) is 0 Å². The highest BCUT2D eigenvalue weighted by atomic mass is 16.1. The van der Waals surface area contributed by atoms with E-state index >= 15 is 0 Å². The molecule has 0 unspecified atom stereocenters. The van der Waals surface area contributed by atoms with Gasteiger partial charge in [0.25, 0.3) is 0 Å². The van der Waals surface area contributed by atoms with Crippen LogP contribution in [0.25, 0.3) is 0 Å². The topological polar surface area (TPSA) is 52.9 Å². The van der Waals surface area contributed by atoms with Crippen molar-refractivity contribution in [1.29, 1.82) is 5.26 Å². The monoisotopic (exact) mass is 178 g/mol. The van der Waals surface area contributed by atoms with Crippen LogP contribution < -0.4 is 5.32 Å². The number of hydrogen-bond acceptors (Lipinski definition) is 2. The van der Waals surface area contributed by atoms with Crippen LogP contribution in [0.5, 0.6) is 0 Å². The molecular weight excluding hydrogens is 164 g/mol. The average molecular weight is 178 g/mol. The highest BCUT2D eigenvalue weighted by Crippen LogP contribution is 2.24. The number of amides is 1. The lowest BCUT2D eigenvalue weighted by Gasteiger charge is -2.16. The fourth-order valence-electron chi connectivity index (χ4n) is 1.15. The second-order valence-corrected chi connectivity index (χ2v) is 3.25. The van der Waals surface area contributed by atoms with E-state index in [1.54, 1.807) is 6.08 Å². The summed E-state index contributed by atoms with van der Waals surface area (Å²) < 4.78 is 0. The molecule has 0 heterocycles. The Morgan fingerprint density at radius 1 is 1.77 bits per heavy atom. The molecule has 0 aromatic carbocycles. The summed E-state index contributed by atoms with van der Waals surface area (Å²) in [6.45, 7) is 1.88. The number of carbonyl (C=O) groups is 1. The van der Waals surface area contributed by atoms with Gasteiger partial charge in [-0.05, 0) is 25.7 Å². The Bertz CT molecular complexity index is 257. The molecule has 1 aliphatic carbocycles. The molecule has 1 aliphatic rings. The number of nitrogens with one attached hydrogen (secondary N) is 1. The van der Waals surface area contributed by atoms with Gasteiger partial charge in [0.05, 0.1) is 6.07 Å². The van der Waals surface area contributed by atoms with E-state index in [0.717, 1.165) is 12.8 Å². The third kappa shape index (κ3) is 2.90. The fourth-order valence-corrected chi connectivity index (χ4v) is 1.15. The summed E-state index contributed by atoms with van der Waals surface area (Å²) in [7, 11) is 0. The fraction of sp³-hybridized carbons (Fsp3) is 0.600. The van der Waals surface area contributed by atoms with Crippen LogP contribution in [0.4, 0.5) is 0 Å². The molecule has 0 saturated heterocycles. The van der Waals surface area contributed by atoms with Crippen molar-refractivity contribution in [2.45, 2.75) is 38.6 Å². The average Bonchev–Trinajstić information content (AvgIpc) is 2.07. The summed E-state index contributed by atoms with van der Waals surface area (Å²) in [4.78, 5) is 11.2. The van der Waals surface area contributed by atoms with E-state index in [1.807, 2.05) is 13.0 Å². The lowest BCUT2D eigenvalue weighted by Crippen LogP contribution is -2.32. The molecule has 3 heteroatoms. The molecule has 0 aromatic rings. The van der Waals surface area contributed by atoms with Gasteiger partial charge < -0.3 is 5.32 Å². The molecule has 0 spiro atoms. The number of nitriles is 1.